The van der Waals surface area contributed by atoms with Crippen molar-refractivity contribution in [3.63, 3.8) is 0 Å². The molecule has 0 heterocycles. The molecular formula is C12H17N3OS. The number of carbonyl (C=O) groups is 1. The van der Waals surface area contributed by atoms with E-state index in [2.05, 4.69) is 5.32 Å². The first-order valence-electron chi connectivity index (χ1n) is 5.40. The fraction of sp³-hybridized carbons (Fsp3) is 0.333. The van der Waals surface area contributed by atoms with E-state index < -0.39 is 6.04 Å². The lowest BCUT2D eigenvalue weighted by molar-refractivity contribution is -0.122. The molecule has 0 aromatic heterocycles. The first kappa shape index (κ1) is 13.6. The Hall–Kier alpha value is -1.46. The Morgan fingerprint density at radius 1 is 1.41 bits per heavy atom. The average Bonchev–Trinajstić information content (AvgIpc) is 2.29. The minimum Gasteiger partial charge on any atom is -0.392 e. The maximum absolute atomic E-state index is 11.7. The lowest BCUT2D eigenvalue weighted by Crippen LogP contribution is -2.49. The molecule has 0 saturated carbocycles. The van der Waals surface area contributed by atoms with Crippen LogP contribution in [-0.4, -0.2) is 23.0 Å². The quantitative estimate of drug-likeness (QED) is 0.660. The van der Waals surface area contributed by atoms with Gasteiger partial charge in [-0.2, -0.15) is 0 Å². The lowest BCUT2D eigenvalue weighted by atomic mass is 10.1. The summed E-state index contributed by atoms with van der Waals surface area (Å²) < 4.78 is 0. The Balaban J connectivity index is 2.50. The van der Waals surface area contributed by atoms with Gasteiger partial charge < -0.3 is 16.8 Å². The number of nitrogens with two attached hydrogens (primary N) is 2. The van der Waals surface area contributed by atoms with Crippen LogP contribution in [0.2, 0.25) is 0 Å². The predicted octanol–water partition coefficient (Wildman–Crippen LogP) is 0.347. The first-order valence-corrected chi connectivity index (χ1v) is 5.80. The van der Waals surface area contributed by atoms with Crippen LogP contribution in [0.15, 0.2) is 30.3 Å². The second-order valence-corrected chi connectivity index (χ2v) is 4.40. The molecule has 0 aliphatic heterocycles. The van der Waals surface area contributed by atoms with E-state index in [0.717, 1.165) is 5.56 Å². The summed E-state index contributed by atoms with van der Waals surface area (Å²) in [5.74, 6) is -0.242. The minimum absolute atomic E-state index is 0.242. The lowest BCUT2D eigenvalue weighted by Gasteiger charge is -2.16. The molecule has 0 aliphatic rings. The largest absolute Gasteiger partial charge is 0.392 e. The molecule has 1 rings (SSSR count). The molecule has 1 aromatic carbocycles. The molecule has 0 bridgehead atoms. The molecule has 4 nitrogen and oxygen atoms in total. The predicted molar refractivity (Wildman–Crippen MR) is 72.5 cm³/mol. The van der Waals surface area contributed by atoms with Crippen LogP contribution < -0.4 is 16.8 Å². The van der Waals surface area contributed by atoms with Crippen molar-refractivity contribution >= 4 is 23.1 Å². The van der Waals surface area contributed by atoms with Crippen molar-refractivity contribution < 1.29 is 4.79 Å². The standard InChI is InChI=1S/C12H17N3OS/c1-8(11(14)17)15-12(16)10(13)7-9-5-3-2-4-6-9/h2-6,8,10H,7,13H2,1H3,(H2,14,17)(H,15,16)/t8-,10-/m0/s1. The SMILES string of the molecule is C[C@H](NC(=O)[C@@H](N)Cc1ccccc1)C(N)=S. The number of nitrogens with one attached hydrogen (secondary N) is 1. The minimum atomic E-state index is -0.589. The smallest absolute Gasteiger partial charge is 0.237 e. The highest BCUT2D eigenvalue weighted by Gasteiger charge is 2.16. The van der Waals surface area contributed by atoms with Gasteiger partial charge in [-0.05, 0) is 18.9 Å². The number of hydrogen-bond donors (Lipinski definition) is 3. The molecule has 5 N–H and O–H groups in total. The van der Waals surface area contributed by atoms with Crippen LogP contribution in [0.25, 0.3) is 0 Å². The van der Waals surface area contributed by atoms with Crippen LogP contribution in [0.4, 0.5) is 0 Å². The maximum Gasteiger partial charge on any atom is 0.237 e. The molecule has 5 heteroatoms. The van der Waals surface area contributed by atoms with E-state index in [-0.39, 0.29) is 16.9 Å². The van der Waals surface area contributed by atoms with Crippen molar-refractivity contribution in [2.45, 2.75) is 25.4 Å². The molecule has 0 radical (unpaired) electrons. The fourth-order valence-electron chi connectivity index (χ4n) is 1.35. The van der Waals surface area contributed by atoms with E-state index in [1.165, 1.54) is 0 Å². The highest BCUT2D eigenvalue weighted by Crippen LogP contribution is 2.02. The van der Waals surface area contributed by atoms with Crippen LogP contribution in [-0.2, 0) is 11.2 Å². The molecule has 1 aromatic rings. The van der Waals surface area contributed by atoms with Crippen molar-refractivity contribution in [3.8, 4) is 0 Å². The molecule has 0 aliphatic carbocycles. The number of hydrogen-bond acceptors (Lipinski definition) is 3. The zero-order valence-corrected chi connectivity index (χ0v) is 10.5. The summed E-state index contributed by atoms with van der Waals surface area (Å²) >= 11 is 4.78. The van der Waals surface area contributed by atoms with E-state index in [1.807, 2.05) is 30.3 Å². The Morgan fingerprint density at radius 3 is 2.53 bits per heavy atom. The zero-order valence-electron chi connectivity index (χ0n) is 9.72. The van der Waals surface area contributed by atoms with Gasteiger partial charge in [0.1, 0.15) is 0 Å². The van der Waals surface area contributed by atoms with Crippen LogP contribution in [0.3, 0.4) is 0 Å². The number of thiocarbonyl (C=S) groups is 1. The fourth-order valence-corrected chi connectivity index (χ4v) is 1.41. The Labute approximate surface area is 106 Å². The highest BCUT2D eigenvalue weighted by atomic mass is 32.1. The van der Waals surface area contributed by atoms with Gasteiger partial charge in [0.25, 0.3) is 0 Å². The highest BCUT2D eigenvalue weighted by molar-refractivity contribution is 7.80. The van der Waals surface area contributed by atoms with E-state index in [1.54, 1.807) is 6.92 Å². The van der Waals surface area contributed by atoms with Gasteiger partial charge in [-0.3, -0.25) is 4.79 Å². The van der Waals surface area contributed by atoms with Crippen LogP contribution in [0.5, 0.6) is 0 Å². The van der Waals surface area contributed by atoms with Crippen LogP contribution >= 0.6 is 12.2 Å². The van der Waals surface area contributed by atoms with E-state index in [4.69, 9.17) is 23.7 Å². The maximum atomic E-state index is 11.7. The van der Waals surface area contributed by atoms with E-state index >= 15 is 0 Å². The number of rotatable bonds is 5. The van der Waals surface area contributed by atoms with E-state index in [9.17, 15) is 4.79 Å². The third-order valence-corrected chi connectivity index (χ3v) is 2.77. The summed E-state index contributed by atoms with van der Waals surface area (Å²) in [6.07, 6.45) is 0.497. The molecule has 0 saturated heterocycles. The third-order valence-electron chi connectivity index (χ3n) is 2.42. The van der Waals surface area contributed by atoms with Gasteiger partial charge in [-0.15, -0.1) is 0 Å². The Morgan fingerprint density at radius 2 is 2.00 bits per heavy atom. The molecule has 0 spiro atoms. The van der Waals surface area contributed by atoms with Gasteiger partial charge in [0.15, 0.2) is 0 Å². The van der Waals surface area contributed by atoms with Crippen molar-refractivity contribution in [1.29, 1.82) is 0 Å². The molecule has 2 atom stereocenters. The normalized spacial score (nSPS) is 13.8. The second kappa shape index (κ2) is 6.32. The summed E-state index contributed by atoms with van der Waals surface area (Å²) in [4.78, 5) is 12.0. The summed E-state index contributed by atoms with van der Waals surface area (Å²) in [5.41, 5.74) is 12.2. The topological polar surface area (TPSA) is 81.1 Å². The van der Waals surface area contributed by atoms with Crippen LogP contribution in [0.1, 0.15) is 12.5 Å². The number of carbonyl (C=O) groups excluding carboxylic acids is 1. The van der Waals surface area contributed by atoms with Crippen molar-refractivity contribution in [1.82, 2.24) is 5.32 Å². The zero-order chi connectivity index (χ0) is 12.8. The summed E-state index contributed by atoms with van der Waals surface area (Å²) in [6, 6.07) is 8.70. The Bertz CT molecular complexity index is 394. The second-order valence-electron chi connectivity index (χ2n) is 3.93. The van der Waals surface area contributed by atoms with Crippen molar-refractivity contribution in [2.75, 3.05) is 0 Å². The molecule has 92 valence electrons. The molecule has 1 amide bonds. The van der Waals surface area contributed by atoms with Gasteiger partial charge in [0, 0.05) is 0 Å². The van der Waals surface area contributed by atoms with Gasteiger partial charge in [-0.25, -0.2) is 0 Å². The van der Waals surface area contributed by atoms with Gasteiger partial charge in [0.2, 0.25) is 5.91 Å². The molecule has 0 fully saturated rings. The number of amides is 1. The first-order chi connectivity index (χ1) is 8.00. The van der Waals surface area contributed by atoms with Gasteiger partial charge in [-0.1, -0.05) is 42.5 Å². The monoisotopic (exact) mass is 251 g/mol. The van der Waals surface area contributed by atoms with E-state index in [0.29, 0.717) is 6.42 Å². The number of benzene rings is 1. The van der Waals surface area contributed by atoms with Gasteiger partial charge in [0.05, 0.1) is 17.1 Å². The third kappa shape index (κ3) is 4.50. The van der Waals surface area contributed by atoms with Gasteiger partial charge >= 0.3 is 0 Å². The summed E-state index contributed by atoms with van der Waals surface area (Å²) in [6.45, 7) is 1.73. The van der Waals surface area contributed by atoms with Crippen LogP contribution in [0, 0.1) is 0 Å². The molecular weight excluding hydrogens is 234 g/mol. The summed E-state index contributed by atoms with van der Waals surface area (Å²) in [7, 11) is 0. The Kier molecular flexibility index (Phi) is 5.06. The average molecular weight is 251 g/mol. The van der Waals surface area contributed by atoms with Crippen molar-refractivity contribution in [2.24, 2.45) is 11.5 Å². The molecule has 0 unspecified atom stereocenters. The molecule has 17 heavy (non-hydrogen) atoms. The summed E-state index contributed by atoms with van der Waals surface area (Å²) in [5, 5.41) is 2.67. The van der Waals surface area contributed by atoms with Crippen molar-refractivity contribution in [3.05, 3.63) is 35.9 Å².